The summed E-state index contributed by atoms with van der Waals surface area (Å²) < 4.78 is 0. The Balaban J connectivity index is 1.70. The van der Waals surface area contributed by atoms with Gasteiger partial charge < -0.3 is 10.6 Å². The second-order valence-electron chi connectivity index (χ2n) is 7.91. The Labute approximate surface area is 190 Å². The van der Waals surface area contributed by atoms with Crippen LogP contribution < -0.4 is 10.6 Å². The molecule has 0 heterocycles. The average Bonchev–Trinajstić information content (AvgIpc) is 2.82. The van der Waals surface area contributed by atoms with E-state index in [0.29, 0.717) is 35.1 Å². The summed E-state index contributed by atoms with van der Waals surface area (Å²) in [5.74, 6) is -0.231. The molecule has 0 saturated heterocycles. The fourth-order valence-corrected chi connectivity index (χ4v) is 3.61. The Morgan fingerprint density at radius 3 is 1.59 bits per heavy atom. The fraction of sp³-hybridized carbons (Fsp3) is 0.385. The van der Waals surface area contributed by atoms with Crippen molar-refractivity contribution < 1.29 is 9.59 Å². The molecule has 2 N–H and O–H groups in total. The number of nitrogens with one attached hydrogen (secondary N) is 2. The highest BCUT2D eigenvalue weighted by atomic mass is 16.1. The Morgan fingerprint density at radius 2 is 1.19 bits per heavy atom. The summed E-state index contributed by atoms with van der Waals surface area (Å²) in [6, 6.07) is 0. The molecule has 0 spiro atoms. The molecule has 0 aromatic rings. The third-order valence-electron chi connectivity index (χ3n) is 5.43. The Morgan fingerprint density at radius 1 is 0.750 bits per heavy atom. The highest BCUT2D eigenvalue weighted by Gasteiger charge is 2.37. The lowest BCUT2D eigenvalue weighted by Crippen LogP contribution is -2.29. The zero-order valence-electron chi connectivity index (χ0n) is 19.0. The predicted octanol–water partition coefficient (Wildman–Crippen LogP) is 4.26. The van der Waals surface area contributed by atoms with Gasteiger partial charge in [0, 0.05) is 84.4 Å². The molecule has 1 fully saturated rings. The first-order valence-corrected chi connectivity index (χ1v) is 11.5. The standard InChI is InChI=1S/C26H32N4O2/c1-3-5-11-27-13-15-29-19-7-9-21-23(17-19)25(31)22-10-8-20(18-24(22)26(21)32)30-16-14-28-12-6-4-2/h9-10,13-18,27-28H,3-8,11-12H2,1-2H3. The number of Topliss-reactive ketones (excluding diaryl/α,β-unsaturated/α-hetero) is 2. The number of hydrogen-bond acceptors (Lipinski definition) is 6. The first-order valence-electron chi connectivity index (χ1n) is 11.5. The first-order chi connectivity index (χ1) is 15.7. The van der Waals surface area contributed by atoms with Crippen molar-refractivity contribution in [1.82, 2.24) is 10.6 Å². The van der Waals surface area contributed by atoms with Gasteiger partial charge in [-0.15, -0.1) is 0 Å². The highest BCUT2D eigenvalue weighted by molar-refractivity contribution is 6.37. The SMILES string of the molecule is CCCCNC=CN=C1C=C2C(=O)C3=CCC(=NC=CNCCCC)C=C3C(=O)C2=CC1. The minimum Gasteiger partial charge on any atom is -0.390 e. The molecule has 6 nitrogen and oxygen atoms in total. The van der Waals surface area contributed by atoms with E-state index in [1.807, 2.05) is 24.6 Å². The number of carbonyl (C=O) groups is 2. The minimum atomic E-state index is -0.115. The summed E-state index contributed by atoms with van der Waals surface area (Å²) in [5.41, 5.74) is 3.36. The van der Waals surface area contributed by atoms with E-state index >= 15 is 0 Å². The lowest BCUT2D eigenvalue weighted by molar-refractivity contribution is -0.117. The van der Waals surface area contributed by atoms with E-state index in [9.17, 15) is 9.59 Å². The largest absolute Gasteiger partial charge is 0.390 e. The smallest absolute Gasteiger partial charge is 0.194 e. The molecule has 3 aliphatic carbocycles. The molecule has 168 valence electrons. The summed E-state index contributed by atoms with van der Waals surface area (Å²) >= 11 is 0. The highest BCUT2D eigenvalue weighted by Crippen LogP contribution is 2.35. The van der Waals surface area contributed by atoms with E-state index in [1.165, 1.54) is 0 Å². The van der Waals surface area contributed by atoms with Gasteiger partial charge in [0.2, 0.25) is 0 Å². The van der Waals surface area contributed by atoms with Crippen LogP contribution in [-0.4, -0.2) is 36.1 Å². The molecule has 0 aromatic heterocycles. The van der Waals surface area contributed by atoms with Crippen molar-refractivity contribution in [1.29, 1.82) is 0 Å². The van der Waals surface area contributed by atoms with Crippen LogP contribution in [0.4, 0.5) is 0 Å². The average molecular weight is 433 g/mol. The van der Waals surface area contributed by atoms with E-state index in [0.717, 1.165) is 50.2 Å². The maximum atomic E-state index is 13.1. The number of rotatable bonds is 10. The number of nitrogens with zero attached hydrogens (tertiary/aromatic N) is 2. The van der Waals surface area contributed by atoms with Crippen molar-refractivity contribution in [2.45, 2.75) is 52.4 Å². The van der Waals surface area contributed by atoms with Crippen LogP contribution in [0.5, 0.6) is 0 Å². The van der Waals surface area contributed by atoms with Crippen LogP contribution in [0, 0.1) is 0 Å². The molecule has 1 saturated carbocycles. The molecule has 3 rings (SSSR count). The maximum Gasteiger partial charge on any atom is 0.194 e. The van der Waals surface area contributed by atoms with Crippen molar-refractivity contribution in [3.05, 3.63) is 71.4 Å². The van der Waals surface area contributed by atoms with Crippen molar-refractivity contribution in [2.24, 2.45) is 9.98 Å². The van der Waals surface area contributed by atoms with Crippen LogP contribution in [0.25, 0.3) is 0 Å². The molecule has 0 amide bonds. The van der Waals surface area contributed by atoms with Crippen molar-refractivity contribution >= 4 is 23.0 Å². The van der Waals surface area contributed by atoms with Gasteiger partial charge >= 0.3 is 0 Å². The summed E-state index contributed by atoms with van der Waals surface area (Å²) in [5, 5.41) is 6.37. The Hall–Kier alpha value is -3.28. The molecular formula is C26H32N4O2. The summed E-state index contributed by atoms with van der Waals surface area (Å²) in [7, 11) is 0. The number of allylic oxidation sites excluding steroid dienone is 8. The molecule has 0 aromatic carbocycles. The van der Waals surface area contributed by atoms with Gasteiger partial charge in [-0.2, -0.15) is 0 Å². The van der Waals surface area contributed by atoms with E-state index < -0.39 is 0 Å². The number of hydrogen-bond donors (Lipinski definition) is 2. The molecule has 0 atom stereocenters. The maximum absolute atomic E-state index is 13.1. The molecule has 0 bridgehead atoms. The van der Waals surface area contributed by atoms with Gasteiger partial charge in [0.05, 0.1) is 0 Å². The normalized spacial score (nSPS) is 20.8. The van der Waals surface area contributed by atoms with Crippen LogP contribution in [-0.2, 0) is 9.59 Å². The van der Waals surface area contributed by atoms with E-state index in [-0.39, 0.29) is 11.6 Å². The zero-order chi connectivity index (χ0) is 22.8. The van der Waals surface area contributed by atoms with Gasteiger partial charge in [0.25, 0.3) is 0 Å². The number of unbranched alkanes of at least 4 members (excludes halogenated alkanes) is 2. The number of carbonyl (C=O) groups excluding carboxylic acids is 2. The third kappa shape index (κ3) is 5.90. The second kappa shape index (κ2) is 11.9. The summed E-state index contributed by atoms with van der Waals surface area (Å²) in [6.45, 7) is 6.12. The molecule has 32 heavy (non-hydrogen) atoms. The van der Waals surface area contributed by atoms with Crippen LogP contribution in [0.1, 0.15) is 52.4 Å². The monoisotopic (exact) mass is 432 g/mol. The second-order valence-corrected chi connectivity index (χ2v) is 7.91. The summed E-state index contributed by atoms with van der Waals surface area (Å²) in [6.07, 6.45) is 19.7. The number of fused-ring (bicyclic) bond motifs is 2. The quantitative estimate of drug-likeness (QED) is 0.506. The van der Waals surface area contributed by atoms with Crippen LogP contribution in [0.3, 0.4) is 0 Å². The van der Waals surface area contributed by atoms with Gasteiger partial charge in [0.1, 0.15) is 0 Å². The van der Waals surface area contributed by atoms with Gasteiger partial charge in [-0.25, -0.2) is 0 Å². The molecule has 6 heteroatoms. The lowest BCUT2D eigenvalue weighted by atomic mass is 9.75. The summed E-state index contributed by atoms with van der Waals surface area (Å²) in [4.78, 5) is 35.0. The topological polar surface area (TPSA) is 82.9 Å². The molecule has 3 aliphatic rings. The van der Waals surface area contributed by atoms with Crippen LogP contribution in [0.15, 0.2) is 81.4 Å². The molecule has 0 aliphatic heterocycles. The molecular weight excluding hydrogens is 400 g/mol. The Bertz CT molecular complexity index is 907. The minimum absolute atomic E-state index is 0.115. The third-order valence-corrected chi connectivity index (χ3v) is 5.43. The first kappa shape index (κ1) is 23.4. The number of aliphatic imine (C=N–C) groups is 2. The van der Waals surface area contributed by atoms with Crippen molar-refractivity contribution in [3.63, 3.8) is 0 Å². The predicted molar refractivity (Wildman–Crippen MR) is 131 cm³/mol. The molecule has 0 radical (unpaired) electrons. The van der Waals surface area contributed by atoms with Crippen LogP contribution >= 0.6 is 0 Å². The lowest BCUT2D eigenvalue weighted by Gasteiger charge is -2.26. The molecule has 0 unspecified atom stereocenters. The van der Waals surface area contributed by atoms with E-state index in [1.54, 1.807) is 24.6 Å². The van der Waals surface area contributed by atoms with Gasteiger partial charge in [-0.1, -0.05) is 38.8 Å². The number of ketones is 2. The van der Waals surface area contributed by atoms with Gasteiger partial charge in [-0.05, 0) is 25.0 Å². The van der Waals surface area contributed by atoms with Crippen LogP contribution in [0.2, 0.25) is 0 Å². The Kier molecular flexibility index (Phi) is 8.72. The fourth-order valence-electron chi connectivity index (χ4n) is 3.61. The zero-order valence-corrected chi connectivity index (χ0v) is 19.0. The van der Waals surface area contributed by atoms with Gasteiger partial charge in [0.15, 0.2) is 11.6 Å². The van der Waals surface area contributed by atoms with E-state index in [2.05, 4.69) is 34.5 Å². The van der Waals surface area contributed by atoms with Gasteiger partial charge in [-0.3, -0.25) is 19.6 Å². The van der Waals surface area contributed by atoms with E-state index in [4.69, 9.17) is 0 Å². The van der Waals surface area contributed by atoms with Crippen molar-refractivity contribution in [2.75, 3.05) is 13.1 Å². The van der Waals surface area contributed by atoms with Crippen molar-refractivity contribution in [3.8, 4) is 0 Å².